The minimum absolute atomic E-state index is 0.0802. The summed E-state index contributed by atoms with van der Waals surface area (Å²) in [6, 6.07) is 7.36. The third-order valence-electron chi connectivity index (χ3n) is 2.16. The number of halogens is 1. The number of nitrogen functional groups attached to an aromatic ring is 1. The van der Waals surface area contributed by atoms with Gasteiger partial charge >= 0.3 is 5.69 Å². The van der Waals surface area contributed by atoms with Crippen molar-refractivity contribution in [2.45, 2.75) is 0 Å². The second-order valence-corrected chi connectivity index (χ2v) is 4.48. The van der Waals surface area contributed by atoms with Gasteiger partial charge in [0.1, 0.15) is 6.33 Å². The summed E-state index contributed by atoms with van der Waals surface area (Å²) in [4.78, 5) is 17.8. The van der Waals surface area contributed by atoms with Crippen LogP contribution in [0.4, 0.5) is 23.0 Å². The monoisotopic (exact) mass is 357 g/mol. The Morgan fingerprint density at radius 1 is 1.33 bits per heavy atom. The van der Waals surface area contributed by atoms with E-state index >= 15 is 0 Å². The smallest absolute Gasteiger partial charge is 0.353 e. The van der Waals surface area contributed by atoms with Gasteiger partial charge in [-0.05, 0) is 34.7 Å². The topological polar surface area (TPSA) is 107 Å². The Labute approximate surface area is 116 Å². The molecule has 0 aliphatic rings. The maximum absolute atomic E-state index is 10.9. The van der Waals surface area contributed by atoms with Crippen LogP contribution in [0.15, 0.2) is 30.6 Å². The Morgan fingerprint density at radius 3 is 2.72 bits per heavy atom. The molecule has 0 unspecified atom stereocenters. The quantitative estimate of drug-likeness (QED) is 0.496. The molecule has 0 aliphatic carbocycles. The zero-order chi connectivity index (χ0) is 13.1. The maximum Gasteiger partial charge on any atom is 0.353 e. The van der Waals surface area contributed by atoms with E-state index in [4.69, 9.17) is 5.73 Å². The minimum Gasteiger partial charge on any atom is -0.378 e. The van der Waals surface area contributed by atoms with Crippen molar-refractivity contribution < 1.29 is 4.92 Å². The lowest BCUT2D eigenvalue weighted by atomic mass is 10.3. The lowest BCUT2D eigenvalue weighted by molar-refractivity contribution is -0.383. The van der Waals surface area contributed by atoms with Crippen LogP contribution in [0.25, 0.3) is 0 Å². The van der Waals surface area contributed by atoms with Crippen LogP contribution in [0, 0.1) is 13.7 Å². The number of nitrogens with zero attached hydrogens (tertiary/aromatic N) is 3. The molecule has 18 heavy (non-hydrogen) atoms. The fourth-order valence-corrected chi connectivity index (χ4v) is 1.88. The van der Waals surface area contributed by atoms with Gasteiger partial charge in [0.05, 0.1) is 10.6 Å². The number of nitro groups is 1. The van der Waals surface area contributed by atoms with E-state index in [-0.39, 0.29) is 17.3 Å². The van der Waals surface area contributed by atoms with Crippen LogP contribution in [0.1, 0.15) is 0 Å². The highest BCUT2D eigenvalue weighted by atomic mass is 127. The van der Waals surface area contributed by atoms with E-state index in [9.17, 15) is 10.1 Å². The molecular weight excluding hydrogens is 349 g/mol. The molecule has 8 heteroatoms. The molecule has 7 nitrogen and oxygen atoms in total. The van der Waals surface area contributed by atoms with Gasteiger partial charge in [-0.15, -0.1) is 0 Å². The summed E-state index contributed by atoms with van der Waals surface area (Å²) in [6.45, 7) is 0. The Morgan fingerprint density at radius 2 is 2.06 bits per heavy atom. The summed E-state index contributed by atoms with van der Waals surface area (Å²) in [5, 5.41) is 13.8. The first kappa shape index (κ1) is 12.5. The number of para-hydroxylation sites is 1. The Kier molecular flexibility index (Phi) is 3.55. The zero-order valence-corrected chi connectivity index (χ0v) is 11.2. The third-order valence-corrected chi connectivity index (χ3v) is 3.10. The summed E-state index contributed by atoms with van der Waals surface area (Å²) in [5.41, 5.74) is 5.88. The molecule has 0 amide bonds. The van der Waals surface area contributed by atoms with Crippen molar-refractivity contribution in [3.63, 3.8) is 0 Å². The van der Waals surface area contributed by atoms with E-state index in [0.29, 0.717) is 0 Å². The molecule has 1 aromatic heterocycles. The molecule has 0 saturated heterocycles. The molecular formula is C10H8IN5O2. The van der Waals surface area contributed by atoms with Crippen LogP contribution >= 0.6 is 22.6 Å². The van der Waals surface area contributed by atoms with Gasteiger partial charge in [0.25, 0.3) is 0 Å². The SMILES string of the molecule is Nc1ncnc(Nc2ccccc2I)c1[N+](=O)[O-]. The van der Waals surface area contributed by atoms with Crippen LogP contribution in [0.5, 0.6) is 0 Å². The van der Waals surface area contributed by atoms with Crippen molar-refractivity contribution in [3.05, 3.63) is 44.3 Å². The predicted octanol–water partition coefficient (Wildman–Crippen LogP) is 2.32. The van der Waals surface area contributed by atoms with E-state index in [1.807, 2.05) is 18.2 Å². The second kappa shape index (κ2) is 5.12. The van der Waals surface area contributed by atoms with Gasteiger partial charge in [-0.25, -0.2) is 9.97 Å². The van der Waals surface area contributed by atoms with Crippen LogP contribution < -0.4 is 11.1 Å². The van der Waals surface area contributed by atoms with Gasteiger partial charge in [-0.2, -0.15) is 0 Å². The number of anilines is 3. The highest BCUT2D eigenvalue weighted by molar-refractivity contribution is 14.1. The molecule has 0 aliphatic heterocycles. The van der Waals surface area contributed by atoms with Crippen LogP contribution in [-0.4, -0.2) is 14.9 Å². The number of hydrogen-bond acceptors (Lipinski definition) is 6. The molecule has 92 valence electrons. The number of nitrogens with one attached hydrogen (secondary N) is 1. The molecule has 2 rings (SSSR count). The van der Waals surface area contributed by atoms with E-state index in [1.54, 1.807) is 6.07 Å². The van der Waals surface area contributed by atoms with Crippen molar-refractivity contribution in [1.82, 2.24) is 9.97 Å². The average molecular weight is 357 g/mol. The summed E-state index contributed by atoms with van der Waals surface area (Å²) in [5.74, 6) is -0.0833. The van der Waals surface area contributed by atoms with Gasteiger partial charge in [0.15, 0.2) is 0 Å². The number of aromatic nitrogens is 2. The first-order chi connectivity index (χ1) is 8.59. The van der Waals surface area contributed by atoms with Gasteiger partial charge in [0.2, 0.25) is 11.6 Å². The third kappa shape index (κ3) is 2.47. The first-order valence-corrected chi connectivity index (χ1v) is 5.94. The van der Waals surface area contributed by atoms with Gasteiger partial charge in [0, 0.05) is 3.57 Å². The molecule has 2 aromatic rings. The molecule has 0 atom stereocenters. The largest absolute Gasteiger partial charge is 0.378 e. The average Bonchev–Trinajstić information content (AvgIpc) is 2.31. The summed E-state index contributed by atoms with van der Waals surface area (Å²) in [6.07, 6.45) is 1.18. The minimum atomic E-state index is -0.604. The Bertz CT molecular complexity index is 605. The molecule has 0 bridgehead atoms. The van der Waals surface area contributed by atoms with E-state index < -0.39 is 4.92 Å². The van der Waals surface area contributed by atoms with Gasteiger partial charge in [-0.3, -0.25) is 10.1 Å². The second-order valence-electron chi connectivity index (χ2n) is 3.32. The van der Waals surface area contributed by atoms with E-state index in [0.717, 1.165) is 9.26 Å². The molecule has 1 heterocycles. The molecule has 0 radical (unpaired) electrons. The predicted molar refractivity (Wildman–Crippen MR) is 75.5 cm³/mol. The standard InChI is InChI=1S/C10H8IN5O2/c11-6-3-1-2-4-7(6)15-10-8(16(17)18)9(12)13-5-14-10/h1-5H,(H3,12,13,14,15). The highest BCUT2D eigenvalue weighted by Crippen LogP contribution is 2.30. The Balaban J connectivity index is 2.44. The van der Waals surface area contributed by atoms with Crippen LogP contribution in [0.2, 0.25) is 0 Å². The number of hydrogen-bond donors (Lipinski definition) is 2. The zero-order valence-electron chi connectivity index (χ0n) is 9.00. The summed E-state index contributed by atoms with van der Waals surface area (Å²) < 4.78 is 0.918. The molecule has 3 N–H and O–H groups in total. The van der Waals surface area contributed by atoms with Gasteiger partial charge in [-0.1, -0.05) is 12.1 Å². The first-order valence-electron chi connectivity index (χ1n) is 4.86. The van der Waals surface area contributed by atoms with Crippen molar-refractivity contribution in [3.8, 4) is 0 Å². The van der Waals surface area contributed by atoms with E-state index in [1.165, 1.54) is 6.33 Å². The fraction of sp³-hybridized carbons (Fsp3) is 0. The highest BCUT2D eigenvalue weighted by Gasteiger charge is 2.21. The number of nitrogens with two attached hydrogens (primary N) is 1. The molecule has 0 spiro atoms. The van der Waals surface area contributed by atoms with Gasteiger partial charge < -0.3 is 11.1 Å². The Hall–Kier alpha value is -1.97. The van der Waals surface area contributed by atoms with Crippen molar-refractivity contribution in [1.29, 1.82) is 0 Å². The lowest BCUT2D eigenvalue weighted by Crippen LogP contribution is -2.05. The maximum atomic E-state index is 10.9. The molecule has 0 saturated carbocycles. The van der Waals surface area contributed by atoms with Crippen molar-refractivity contribution in [2.75, 3.05) is 11.1 Å². The van der Waals surface area contributed by atoms with Crippen LogP contribution in [0.3, 0.4) is 0 Å². The molecule has 1 aromatic carbocycles. The lowest BCUT2D eigenvalue weighted by Gasteiger charge is -2.08. The van der Waals surface area contributed by atoms with Crippen molar-refractivity contribution in [2.24, 2.45) is 0 Å². The number of benzene rings is 1. The fourth-order valence-electron chi connectivity index (χ4n) is 1.35. The summed E-state index contributed by atoms with van der Waals surface area (Å²) >= 11 is 2.12. The normalized spacial score (nSPS) is 10.1. The van der Waals surface area contributed by atoms with Crippen LogP contribution in [-0.2, 0) is 0 Å². The number of rotatable bonds is 3. The summed E-state index contributed by atoms with van der Waals surface area (Å²) in [7, 11) is 0. The molecule has 0 fully saturated rings. The van der Waals surface area contributed by atoms with Crippen molar-refractivity contribution >= 4 is 45.6 Å². The van der Waals surface area contributed by atoms with E-state index in [2.05, 4.69) is 37.9 Å².